The number of nitrogens with zero attached hydrogens (tertiary/aromatic N) is 1. The summed E-state index contributed by atoms with van der Waals surface area (Å²) in [5.74, 6) is -1.79. The summed E-state index contributed by atoms with van der Waals surface area (Å²) >= 11 is 0. The number of likely N-dealkylation sites (N-methyl/N-ethyl adjacent to an activating group) is 1. The van der Waals surface area contributed by atoms with Gasteiger partial charge < -0.3 is 20.3 Å². The number of hydrogen-bond donors (Lipinski definition) is 2. The molecule has 0 aromatic rings. The van der Waals surface area contributed by atoms with Crippen molar-refractivity contribution in [3.63, 3.8) is 0 Å². The highest BCUT2D eigenvalue weighted by atomic mass is 16.5. The molecule has 1 saturated heterocycles. The first-order valence-electron chi connectivity index (χ1n) is 13.9. The molecule has 0 bridgehead atoms. The third kappa shape index (κ3) is 8.84. The first-order chi connectivity index (χ1) is 17.8. The third-order valence-electron chi connectivity index (χ3n) is 7.62. The molecule has 0 spiro atoms. The average Bonchev–Trinajstić information content (AvgIpc) is 2.84. The maximum Gasteiger partial charge on any atom is 0.326 e. The van der Waals surface area contributed by atoms with E-state index in [0.717, 1.165) is 11.1 Å². The highest BCUT2D eigenvalue weighted by Gasteiger charge is 2.34. The van der Waals surface area contributed by atoms with Gasteiger partial charge in [0.25, 0.3) is 0 Å². The molecule has 1 aliphatic carbocycles. The molecule has 4 atom stereocenters. The number of hydrogen-bond acceptors (Lipinski definition) is 5. The van der Waals surface area contributed by atoms with Gasteiger partial charge in [-0.3, -0.25) is 19.2 Å². The first kappa shape index (κ1) is 31.3. The van der Waals surface area contributed by atoms with Crippen LogP contribution in [0.5, 0.6) is 0 Å². The number of esters is 1. The molecule has 2 aliphatic rings. The van der Waals surface area contributed by atoms with E-state index in [9.17, 15) is 19.2 Å². The molecule has 0 aromatic carbocycles. The van der Waals surface area contributed by atoms with Crippen LogP contribution < -0.4 is 10.6 Å². The van der Waals surface area contributed by atoms with Gasteiger partial charge >= 0.3 is 5.97 Å². The van der Waals surface area contributed by atoms with Crippen molar-refractivity contribution in [1.82, 2.24) is 15.5 Å². The quantitative estimate of drug-likeness (QED) is 0.325. The van der Waals surface area contributed by atoms with Crippen molar-refractivity contribution in [2.75, 3.05) is 13.6 Å². The lowest BCUT2D eigenvalue weighted by Gasteiger charge is -2.32. The second kappa shape index (κ2) is 14.3. The minimum Gasteiger partial charge on any atom is -0.456 e. The summed E-state index contributed by atoms with van der Waals surface area (Å²) in [5, 5.41) is 5.37. The van der Waals surface area contributed by atoms with Crippen LogP contribution in [0.3, 0.4) is 0 Å². The molecule has 2 unspecified atom stereocenters. The van der Waals surface area contributed by atoms with E-state index in [1.165, 1.54) is 44.1 Å². The predicted molar refractivity (Wildman–Crippen MR) is 149 cm³/mol. The Balaban J connectivity index is 2.35. The SMILES string of the molecule is C=C1CC(=O)N[C@@H](C)C(=O)N(C)C(C(C)C)C(=O)NCC(=O)OC(/C(C)=C/C(C)=C\C2CCCCC2)[C@@H]1C. The third-order valence-corrected chi connectivity index (χ3v) is 7.62. The van der Waals surface area contributed by atoms with Crippen LogP contribution in [-0.4, -0.2) is 60.4 Å². The van der Waals surface area contributed by atoms with Crippen LogP contribution in [0.25, 0.3) is 0 Å². The fourth-order valence-corrected chi connectivity index (χ4v) is 5.50. The van der Waals surface area contributed by atoms with E-state index in [-0.39, 0.29) is 36.6 Å². The van der Waals surface area contributed by atoms with Gasteiger partial charge in [-0.05, 0) is 51.0 Å². The second-order valence-corrected chi connectivity index (χ2v) is 11.4. The van der Waals surface area contributed by atoms with Crippen LogP contribution in [-0.2, 0) is 23.9 Å². The summed E-state index contributed by atoms with van der Waals surface area (Å²) in [5.41, 5.74) is 2.55. The first-order valence-corrected chi connectivity index (χ1v) is 13.9. The number of nitrogens with one attached hydrogen (secondary N) is 2. The molecular weight excluding hydrogens is 482 g/mol. The van der Waals surface area contributed by atoms with E-state index in [2.05, 4.69) is 30.2 Å². The van der Waals surface area contributed by atoms with Crippen molar-refractivity contribution in [1.29, 1.82) is 0 Å². The lowest BCUT2D eigenvalue weighted by atomic mass is 9.86. The normalized spacial score (nSPS) is 28.4. The van der Waals surface area contributed by atoms with Gasteiger partial charge in [-0.15, -0.1) is 0 Å². The number of cyclic esters (lactones) is 1. The van der Waals surface area contributed by atoms with Crippen LogP contribution in [0, 0.1) is 17.8 Å². The van der Waals surface area contributed by atoms with Crippen molar-refractivity contribution < 1.29 is 23.9 Å². The van der Waals surface area contributed by atoms with E-state index < -0.39 is 30.1 Å². The molecule has 3 amide bonds. The molecule has 8 heteroatoms. The van der Waals surface area contributed by atoms with Gasteiger partial charge in [-0.25, -0.2) is 0 Å². The molecule has 0 aromatic heterocycles. The highest BCUT2D eigenvalue weighted by Crippen LogP contribution is 2.28. The van der Waals surface area contributed by atoms with Crippen LogP contribution in [0.4, 0.5) is 0 Å². The molecule has 2 fully saturated rings. The zero-order valence-electron chi connectivity index (χ0n) is 24.3. The summed E-state index contributed by atoms with van der Waals surface area (Å²) in [7, 11) is 1.53. The smallest absolute Gasteiger partial charge is 0.326 e. The van der Waals surface area contributed by atoms with Gasteiger partial charge in [0.05, 0.1) is 0 Å². The number of ether oxygens (including phenoxy) is 1. The molecule has 2 rings (SSSR count). The van der Waals surface area contributed by atoms with E-state index in [1.807, 2.05) is 33.8 Å². The Bertz CT molecular complexity index is 961. The Labute approximate surface area is 228 Å². The Morgan fingerprint density at radius 1 is 1.08 bits per heavy atom. The molecule has 8 nitrogen and oxygen atoms in total. The van der Waals surface area contributed by atoms with E-state index in [1.54, 1.807) is 6.92 Å². The molecule has 1 heterocycles. The summed E-state index contributed by atoms with van der Waals surface area (Å²) in [6.07, 6.45) is 9.85. The molecule has 0 radical (unpaired) electrons. The number of carbonyl (C=O) groups is 4. The highest BCUT2D eigenvalue weighted by molar-refractivity contribution is 5.93. The topological polar surface area (TPSA) is 105 Å². The van der Waals surface area contributed by atoms with E-state index >= 15 is 0 Å². The molecule has 1 aliphatic heterocycles. The summed E-state index contributed by atoms with van der Waals surface area (Å²) in [6, 6.07) is -1.63. The maximum atomic E-state index is 13.0. The Kier molecular flexibility index (Phi) is 11.8. The van der Waals surface area contributed by atoms with Gasteiger partial charge in [-0.2, -0.15) is 0 Å². The molecule has 212 valence electrons. The fraction of sp³-hybridized carbons (Fsp3) is 0.667. The summed E-state index contributed by atoms with van der Waals surface area (Å²) < 4.78 is 5.89. The minimum absolute atomic E-state index is 0.00842. The van der Waals surface area contributed by atoms with Crippen LogP contribution >= 0.6 is 0 Å². The fourth-order valence-electron chi connectivity index (χ4n) is 5.50. The second-order valence-electron chi connectivity index (χ2n) is 11.4. The lowest BCUT2D eigenvalue weighted by molar-refractivity contribution is -0.149. The predicted octanol–water partition coefficient (Wildman–Crippen LogP) is 4.07. The van der Waals surface area contributed by atoms with Crippen LogP contribution in [0.1, 0.15) is 80.1 Å². The molecule has 38 heavy (non-hydrogen) atoms. The van der Waals surface area contributed by atoms with Gasteiger partial charge in [-0.1, -0.05) is 69.9 Å². The van der Waals surface area contributed by atoms with Crippen LogP contribution in [0.15, 0.2) is 35.5 Å². The van der Waals surface area contributed by atoms with Gasteiger partial charge in [0.15, 0.2) is 0 Å². The standard InChI is InChI=1S/C30H47N3O5/c1-18(2)27-29(36)31-17-26(35)38-28(21(5)14-19(3)15-24-12-10-9-11-13-24)22(6)20(4)16-25(34)32-23(7)30(37)33(27)8/h14-15,18,22-24,27-28H,4,9-13,16-17H2,1-3,5-8H3,(H,31,36)(H,32,34)/b19-15-,21-14+/t22-,23+,27?,28?/m1/s1. The number of carbonyl (C=O) groups excluding carboxylic acids is 4. The number of allylic oxidation sites excluding steroid dienone is 3. The van der Waals surface area contributed by atoms with Crippen molar-refractivity contribution in [3.05, 3.63) is 35.5 Å². The average molecular weight is 530 g/mol. The molecule has 2 N–H and O–H groups in total. The van der Waals surface area contributed by atoms with Gasteiger partial charge in [0.1, 0.15) is 24.7 Å². The lowest BCUT2D eigenvalue weighted by Crippen LogP contribution is -2.55. The largest absolute Gasteiger partial charge is 0.456 e. The van der Waals surface area contributed by atoms with Gasteiger partial charge in [0.2, 0.25) is 17.7 Å². The van der Waals surface area contributed by atoms with E-state index in [4.69, 9.17) is 4.74 Å². The van der Waals surface area contributed by atoms with Crippen molar-refractivity contribution >= 4 is 23.7 Å². The van der Waals surface area contributed by atoms with Crippen molar-refractivity contribution in [2.45, 2.75) is 98.3 Å². The maximum absolute atomic E-state index is 13.0. The van der Waals surface area contributed by atoms with Crippen molar-refractivity contribution in [3.8, 4) is 0 Å². The zero-order valence-corrected chi connectivity index (χ0v) is 24.3. The molecule has 1 saturated carbocycles. The van der Waals surface area contributed by atoms with E-state index in [0.29, 0.717) is 11.5 Å². The number of rotatable bonds is 4. The Hall–Kier alpha value is -2.90. The Morgan fingerprint density at radius 2 is 1.71 bits per heavy atom. The summed E-state index contributed by atoms with van der Waals surface area (Å²) in [4.78, 5) is 53.0. The monoisotopic (exact) mass is 529 g/mol. The van der Waals surface area contributed by atoms with Gasteiger partial charge in [0, 0.05) is 19.4 Å². The zero-order chi connectivity index (χ0) is 28.6. The summed E-state index contributed by atoms with van der Waals surface area (Å²) in [6.45, 7) is 14.9. The molecular formula is C30H47N3O5. The van der Waals surface area contributed by atoms with Crippen molar-refractivity contribution in [2.24, 2.45) is 17.8 Å². The Morgan fingerprint density at radius 3 is 2.32 bits per heavy atom. The minimum atomic E-state index is -0.822. The number of amides is 3. The van der Waals surface area contributed by atoms with Crippen LogP contribution in [0.2, 0.25) is 0 Å².